The number of nitrogens with zero attached hydrogens (tertiary/aromatic N) is 4. The van der Waals surface area contributed by atoms with Crippen molar-refractivity contribution in [2.45, 2.75) is 13.5 Å². The predicted octanol–water partition coefficient (Wildman–Crippen LogP) is 2.14. The Bertz CT molecular complexity index is 1090. The van der Waals surface area contributed by atoms with Crippen molar-refractivity contribution in [3.05, 3.63) is 66.0 Å². The molecule has 3 rings (SSSR count). The van der Waals surface area contributed by atoms with Crippen molar-refractivity contribution >= 4 is 17.9 Å². The molecule has 0 aliphatic heterocycles. The number of alkyl halides is 2. The van der Waals surface area contributed by atoms with E-state index in [0.29, 0.717) is 16.8 Å². The van der Waals surface area contributed by atoms with Crippen LogP contribution in [0.3, 0.4) is 0 Å². The smallest absolute Gasteiger partial charge is 0.387 e. The molecule has 0 bridgehead atoms. The second-order valence-corrected chi connectivity index (χ2v) is 6.10. The van der Waals surface area contributed by atoms with E-state index in [9.17, 15) is 18.4 Å². The number of hydrazine groups is 1. The van der Waals surface area contributed by atoms with Gasteiger partial charge in [-0.05, 0) is 65.4 Å². The average molecular weight is 444 g/mol. The Morgan fingerprint density at radius 3 is 2.56 bits per heavy atom. The highest BCUT2D eigenvalue weighted by atomic mass is 19.3. The Kier molecular flexibility index (Phi) is 7.41. The summed E-state index contributed by atoms with van der Waals surface area (Å²) in [7, 11) is 0. The van der Waals surface area contributed by atoms with Gasteiger partial charge in [0.2, 0.25) is 0 Å². The molecule has 2 amide bonds. The monoisotopic (exact) mass is 444 g/mol. The standard InChI is InChI=1S/C20H18F2N6O4/c1-2-31-17-11-13(3-9-16(17)32-20(21)22)4-10-18(29)24-25-19(30)14-5-7-15(8-6-14)28-12-23-26-27-28/h3-12,20H,2H2,1H3,(H,24,29)(H,25,30). The van der Waals surface area contributed by atoms with Gasteiger partial charge in [-0.3, -0.25) is 20.4 Å². The van der Waals surface area contributed by atoms with E-state index in [4.69, 9.17) is 4.74 Å². The van der Waals surface area contributed by atoms with Crippen molar-refractivity contribution in [3.63, 3.8) is 0 Å². The molecule has 12 heteroatoms. The molecule has 0 unspecified atom stereocenters. The van der Waals surface area contributed by atoms with Crippen LogP contribution in [0, 0.1) is 0 Å². The summed E-state index contributed by atoms with van der Waals surface area (Å²) in [4.78, 5) is 24.2. The topological polar surface area (TPSA) is 120 Å². The van der Waals surface area contributed by atoms with E-state index in [1.54, 1.807) is 31.2 Å². The fraction of sp³-hybridized carbons (Fsp3) is 0.150. The van der Waals surface area contributed by atoms with Crippen molar-refractivity contribution < 1.29 is 27.8 Å². The predicted molar refractivity (Wildman–Crippen MR) is 108 cm³/mol. The van der Waals surface area contributed by atoms with Crippen LogP contribution in [-0.2, 0) is 4.79 Å². The fourth-order valence-corrected chi connectivity index (χ4v) is 2.54. The summed E-state index contributed by atoms with van der Waals surface area (Å²) in [6.07, 6.45) is 4.01. The van der Waals surface area contributed by atoms with Gasteiger partial charge in [-0.25, -0.2) is 4.68 Å². The lowest BCUT2D eigenvalue weighted by Crippen LogP contribution is -2.40. The molecule has 0 saturated carbocycles. The van der Waals surface area contributed by atoms with Gasteiger partial charge < -0.3 is 9.47 Å². The van der Waals surface area contributed by atoms with Gasteiger partial charge in [-0.2, -0.15) is 8.78 Å². The van der Waals surface area contributed by atoms with Crippen LogP contribution >= 0.6 is 0 Å². The zero-order chi connectivity index (χ0) is 22.9. The van der Waals surface area contributed by atoms with Crippen molar-refractivity contribution in [2.24, 2.45) is 0 Å². The summed E-state index contributed by atoms with van der Waals surface area (Å²) >= 11 is 0. The summed E-state index contributed by atoms with van der Waals surface area (Å²) < 4.78 is 36.0. The Morgan fingerprint density at radius 1 is 1.12 bits per heavy atom. The number of aromatic nitrogens is 4. The molecule has 0 atom stereocenters. The van der Waals surface area contributed by atoms with E-state index >= 15 is 0 Å². The summed E-state index contributed by atoms with van der Waals surface area (Å²) in [5, 5.41) is 10.8. The number of benzene rings is 2. The van der Waals surface area contributed by atoms with Gasteiger partial charge >= 0.3 is 6.61 Å². The molecule has 2 aromatic carbocycles. The fourth-order valence-electron chi connectivity index (χ4n) is 2.54. The van der Waals surface area contributed by atoms with Crippen LogP contribution in [0.25, 0.3) is 11.8 Å². The van der Waals surface area contributed by atoms with Gasteiger partial charge in [0.05, 0.1) is 12.3 Å². The van der Waals surface area contributed by atoms with Crippen molar-refractivity contribution in [2.75, 3.05) is 6.61 Å². The quantitative estimate of drug-likeness (QED) is 0.403. The number of amides is 2. The van der Waals surface area contributed by atoms with E-state index in [1.807, 2.05) is 0 Å². The van der Waals surface area contributed by atoms with Gasteiger partial charge in [0.1, 0.15) is 6.33 Å². The molecule has 166 valence electrons. The zero-order valence-corrected chi connectivity index (χ0v) is 16.7. The summed E-state index contributed by atoms with van der Waals surface area (Å²) in [6, 6.07) is 10.6. The number of carbonyl (C=O) groups excluding carboxylic acids is 2. The number of ether oxygens (including phenoxy) is 2. The first-order chi connectivity index (χ1) is 15.5. The molecule has 0 spiro atoms. The van der Waals surface area contributed by atoms with Crippen LogP contribution in [0.5, 0.6) is 11.5 Å². The lowest BCUT2D eigenvalue weighted by molar-refractivity contribution is -0.117. The number of carbonyl (C=O) groups is 2. The highest BCUT2D eigenvalue weighted by Crippen LogP contribution is 2.30. The van der Waals surface area contributed by atoms with E-state index in [2.05, 4.69) is 31.1 Å². The second kappa shape index (κ2) is 10.6. The molecule has 0 aliphatic rings. The minimum atomic E-state index is -2.99. The van der Waals surface area contributed by atoms with Gasteiger partial charge in [0, 0.05) is 11.6 Å². The van der Waals surface area contributed by atoms with Crippen LogP contribution in [0.2, 0.25) is 0 Å². The number of nitrogens with one attached hydrogen (secondary N) is 2. The number of hydrogen-bond acceptors (Lipinski definition) is 7. The maximum absolute atomic E-state index is 12.5. The molecule has 2 N–H and O–H groups in total. The molecule has 32 heavy (non-hydrogen) atoms. The largest absolute Gasteiger partial charge is 0.490 e. The molecule has 1 aromatic heterocycles. The van der Waals surface area contributed by atoms with Gasteiger partial charge in [-0.1, -0.05) is 6.07 Å². The first-order valence-electron chi connectivity index (χ1n) is 9.29. The van der Waals surface area contributed by atoms with Gasteiger partial charge in [0.15, 0.2) is 11.5 Å². The minimum Gasteiger partial charge on any atom is -0.490 e. The van der Waals surface area contributed by atoms with Crippen molar-refractivity contribution in [1.82, 2.24) is 31.1 Å². The Balaban J connectivity index is 1.56. The molecule has 0 radical (unpaired) electrons. The minimum absolute atomic E-state index is 0.109. The Hall–Kier alpha value is -4.35. The number of hydrogen-bond donors (Lipinski definition) is 2. The highest BCUT2D eigenvalue weighted by Gasteiger charge is 2.11. The SMILES string of the molecule is CCOc1cc(C=CC(=O)NNC(=O)c2ccc(-n3cnnn3)cc2)ccc1OC(F)F. The van der Waals surface area contributed by atoms with Gasteiger partial charge in [-0.15, -0.1) is 5.10 Å². The van der Waals surface area contributed by atoms with E-state index in [-0.39, 0.29) is 18.1 Å². The van der Waals surface area contributed by atoms with Crippen LogP contribution in [0.4, 0.5) is 8.78 Å². The maximum atomic E-state index is 12.5. The van der Waals surface area contributed by atoms with Crippen LogP contribution < -0.4 is 20.3 Å². The molecule has 10 nitrogen and oxygen atoms in total. The molecular formula is C20H18F2N6O4. The Morgan fingerprint density at radius 2 is 1.91 bits per heavy atom. The normalized spacial score (nSPS) is 10.9. The summed E-state index contributed by atoms with van der Waals surface area (Å²) in [5.41, 5.74) is 6.02. The zero-order valence-electron chi connectivity index (χ0n) is 16.7. The lowest BCUT2D eigenvalue weighted by atomic mass is 10.2. The molecule has 0 aliphatic carbocycles. The second-order valence-electron chi connectivity index (χ2n) is 6.10. The van der Waals surface area contributed by atoms with E-state index in [0.717, 1.165) is 0 Å². The van der Waals surface area contributed by atoms with Crippen LogP contribution in [-0.4, -0.2) is 45.2 Å². The first-order valence-corrected chi connectivity index (χ1v) is 9.29. The summed E-state index contributed by atoms with van der Waals surface area (Å²) in [6.45, 7) is -1.04. The molecule has 1 heterocycles. The molecule has 3 aromatic rings. The third-order valence-corrected chi connectivity index (χ3v) is 3.95. The lowest BCUT2D eigenvalue weighted by Gasteiger charge is -2.11. The third-order valence-electron chi connectivity index (χ3n) is 3.95. The number of rotatable bonds is 8. The van der Waals surface area contributed by atoms with E-state index in [1.165, 1.54) is 41.4 Å². The highest BCUT2D eigenvalue weighted by molar-refractivity contribution is 5.98. The maximum Gasteiger partial charge on any atom is 0.387 e. The first kappa shape index (κ1) is 22.3. The third kappa shape index (κ3) is 6.08. The number of tetrazole rings is 1. The summed E-state index contributed by atoms with van der Waals surface area (Å²) in [5.74, 6) is -1.12. The molecule has 0 saturated heterocycles. The van der Waals surface area contributed by atoms with Crippen LogP contribution in [0.15, 0.2) is 54.9 Å². The average Bonchev–Trinajstić information content (AvgIpc) is 3.32. The Labute approximate surface area is 180 Å². The number of halogens is 2. The van der Waals surface area contributed by atoms with Crippen molar-refractivity contribution in [3.8, 4) is 17.2 Å². The van der Waals surface area contributed by atoms with Crippen LogP contribution in [0.1, 0.15) is 22.8 Å². The molecule has 0 fully saturated rings. The van der Waals surface area contributed by atoms with Crippen molar-refractivity contribution in [1.29, 1.82) is 0 Å². The van der Waals surface area contributed by atoms with E-state index < -0.39 is 18.4 Å². The molecular weight excluding hydrogens is 426 g/mol. The van der Waals surface area contributed by atoms with Gasteiger partial charge in [0.25, 0.3) is 11.8 Å².